The van der Waals surface area contributed by atoms with Gasteiger partial charge >= 0.3 is 0 Å². The van der Waals surface area contributed by atoms with Crippen molar-refractivity contribution >= 4 is 11.6 Å². The Morgan fingerprint density at radius 2 is 1.88 bits per heavy atom. The van der Waals surface area contributed by atoms with Gasteiger partial charge in [0.1, 0.15) is 5.75 Å². The minimum absolute atomic E-state index is 0.225. The van der Waals surface area contributed by atoms with Gasteiger partial charge in [0.2, 0.25) is 5.91 Å². The highest BCUT2D eigenvalue weighted by atomic mass is 16.5. The lowest BCUT2D eigenvalue weighted by Gasteiger charge is -2.36. The topological polar surface area (TPSA) is 45.7 Å². The number of piperazine rings is 1. The molecule has 2 aromatic rings. The largest absolute Gasteiger partial charge is 0.494 e. The molecule has 1 aliphatic rings. The number of carbonyl (C=O) groups excluding carboxylic acids is 1. The number of para-hydroxylation sites is 1. The second-order valence-electron chi connectivity index (χ2n) is 6.30. The Morgan fingerprint density at radius 3 is 2.60 bits per heavy atom. The standard InChI is InChI=1S/C20H25N3O2/c1-17-16-21-10-9-19(17)22-11-13-23(14-12-22)20(24)8-5-15-25-18-6-3-2-4-7-18/h2-4,6-7,9-10,16H,5,8,11-15H2,1H3. The third kappa shape index (κ3) is 4.72. The van der Waals surface area contributed by atoms with Crippen LogP contribution in [-0.4, -0.2) is 48.6 Å². The Hall–Kier alpha value is -2.56. The first-order valence-electron chi connectivity index (χ1n) is 8.85. The Bertz CT molecular complexity index is 682. The normalized spacial score (nSPS) is 14.4. The SMILES string of the molecule is Cc1cnccc1N1CCN(C(=O)CCCOc2ccccc2)CC1. The zero-order valence-corrected chi connectivity index (χ0v) is 14.7. The molecule has 0 aliphatic carbocycles. The summed E-state index contributed by atoms with van der Waals surface area (Å²) in [5.74, 6) is 1.08. The summed E-state index contributed by atoms with van der Waals surface area (Å²) in [5, 5.41) is 0. The fourth-order valence-corrected chi connectivity index (χ4v) is 3.11. The number of rotatable bonds is 6. The van der Waals surface area contributed by atoms with Crippen LogP contribution in [0.2, 0.25) is 0 Å². The van der Waals surface area contributed by atoms with E-state index in [0.29, 0.717) is 13.0 Å². The number of aromatic nitrogens is 1. The van der Waals surface area contributed by atoms with E-state index in [1.165, 1.54) is 11.3 Å². The number of anilines is 1. The summed E-state index contributed by atoms with van der Waals surface area (Å²) >= 11 is 0. The van der Waals surface area contributed by atoms with Gasteiger partial charge in [-0.25, -0.2) is 0 Å². The minimum atomic E-state index is 0.225. The zero-order valence-electron chi connectivity index (χ0n) is 14.7. The van der Waals surface area contributed by atoms with Crippen LogP contribution in [0.4, 0.5) is 5.69 Å². The number of carbonyl (C=O) groups is 1. The maximum Gasteiger partial charge on any atom is 0.222 e. The van der Waals surface area contributed by atoms with Crippen molar-refractivity contribution in [1.82, 2.24) is 9.88 Å². The van der Waals surface area contributed by atoms with Crippen LogP contribution in [0.5, 0.6) is 5.75 Å². The van der Waals surface area contributed by atoms with Gasteiger partial charge < -0.3 is 14.5 Å². The minimum Gasteiger partial charge on any atom is -0.494 e. The molecule has 25 heavy (non-hydrogen) atoms. The fraction of sp³-hybridized carbons (Fsp3) is 0.400. The number of nitrogens with zero attached hydrogens (tertiary/aromatic N) is 3. The fourth-order valence-electron chi connectivity index (χ4n) is 3.11. The highest BCUT2D eigenvalue weighted by Gasteiger charge is 2.21. The monoisotopic (exact) mass is 339 g/mol. The first kappa shape index (κ1) is 17.3. The summed E-state index contributed by atoms with van der Waals surface area (Å²) < 4.78 is 5.65. The van der Waals surface area contributed by atoms with Gasteiger partial charge in [0.15, 0.2) is 0 Å². The van der Waals surface area contributed by atoms with Crippen molar-refractivity contribution in [2.45, 2.75) is 19.8 Å². The molecule has 0 saturated carbocycles. The Kier molecular flexibility index (Phi) is 5.88. The van der Waals surface area contributed by atoms with Crippen molar-refractivity contribution in [1.29, 1.82) is 0 Å². The summed E-state index contributed by atoms with van der Waals surface area (Å²) in [4.78, 5) is 20.8. The Morgan fingerprint density at radius 1 is 1.12 bits per heavy atom. The van der Waals surface area contributed by atoms with Crippen LogP contribution in [0.15, 0.2) is 48.8 Å². The maximum atomic E-state index is 12.4. The number of aryl methyl sites for hydroxylation is 1. The molecule has 1 amide bonds. The van der Waals surface area contributed by atoms with Crippen LogP contribution in [0.3, 0.4) is 0 Å². The van der Waals surface area contributed by atoms with Crippen LogP contribution < -0.4 is 9.64 Å². The molecule has 0 radical (unpaired) electrons. The van der Waals surface area contributed by atoms with Gasteiger partial charge in [-0.15, -0.1) is 0 Å². The molecule has 132 valence electrons. The van der Waals surface area contributed by atoms with E-state index in [4.69, 9.17) is 4.74 Å². The average Bonchev–Trinajstić information content (AvgIpc) is 2.66. The molecule has 1 aromatic heterocycles. The van der Waals surface area contributed by atoms with Gasteiger partial charge in [0.05, 0.1) is 6.61 Å². The lowest BCUT2D eigenvalue weighted by molar-refractivity contribution is -0.131. The number of hydrogen-bond acceptors (Lipinski definition) is 4. The number of ether oxygens (including phenoxy) is 1. The van der Waals surface area contributed by atoms with Crippen LogP contribution in [0, 0.1) is 6.92 Å². The van der Waals surface area contributed by atoms with Crippen LogP contribution in [-0.2, 0) is 4.79 Å². The number of amides is 1. The Balaban J connectivity index is 1.39. The first-order chi connectivity index (χ1) is 12.2. The highest BCUT2D eigenvalue weighted by Crippen LogP contribution is 2.20. The summed E-state index contributed by atoms with van der Waals surface area (Å²) in [5.41, 5.74) is 2.40. The first-order valence-corrected chi connectivity index (χ1v) is 8.85. The zero-order chi connectivity index (χ0) is 17.5. The van der Waals surface area contributed by atoms with Crippen LogP contribution in [0.25, 0.3) is 0 Å². The van der Waals surface area contributed by atoms with E-state index in [9.17, 15) is 4.79 Å². The molecule has 1 aromatic carbocycles. The molecule has 1 aliphatic heterocycles. The van der Waals surface area contributed by atoms with Gasteiger partial charge in [-0.05, 0) is 37.1 Å². The van der Waals surface area contributed by atoms with Gasteiger partial charge in [-0.1, -0.05) is 18.2 Å². The third-order valence-corrected chi connectivity index (χ3v) is 4.51. The number of benzene rings is 1. The van der Waals surface area contributed by atoms with Crippen molar-refractivity contribution < 1.29 is 9.53 Å². The molecular weight excluding hydrogens is 314 g/mol. The maximum absolute atomic E-state index is 12.4. The van der Waals surface area contributed by atoms with Crippen molar-refractivity contribution in [3.63, 3.8) is 0 Å². The molecule has 1 fully saturated rings. The van der Waals surface area contributed by atoms with Crippen molar-refractivity contribution in [3.05, 3.63) is 54.4 Å². The molecule has 2 heterocycles. The lowest BCUT2D eigenvalue weighted by atomic mass is 10.2. The molecule has 3 rings (SSSR count). The second-order valence-corrected chi connectivity index (χ2v) is 6.30. The predicted octanol–water partition coefficient (Wildman–Crippen LogP) is 2.90. The molecular formula is C20H25N3O2. The van der Waals surface area contributed by atoms with E-state index in [-0.39, 0.29) is 5.91 Å². The molecule has 1 saturated heterocycles. The molecule has 5 nitrogen and oxygen atoms in total. The van der Waals surface area contributed by atoms with E-state index in [1.807, 2.05) is 53.7 Å². The summed E-state index contributed by atoms with van der Waals surface area (Å²) in [6.45, 7) is 5.95. The van der Waals surface area contributed by atoms with E-state index in [2.05, 4.69) is 16.8 Å². The number of hydrogen-bond donors (Lipinski definition) is 0. The Labute approximate surface area is 149 Å². The summed E-state index contributed by atoms with van der Waals surface area (Å²) in [6, 6.07) is 11.8. The van der Waals surface area contributed by atoms with Crippen molar-refractivity contribution in [3.8, 4) is 5.75 Å². The number of pyridine rings is 1. The molecule has 0 spiro atoms. The average molecular weight is 339 g/mol. The molecule has 0 unspecified atom stereocenters. The van der Waals surface area contributed by atoms with Crippen molar-refractivity contribution in [2.75, 3.05) is 37.7 Å². The smallest absolute Gasteiger partial charge is 0.222 e. The highest BCUT2D eigenvalue weighted by molar-refractivity contribution is 5.76. The lowest BCUT2D eigenvalue weighted by Crippen LogP contribution is -2.49. The van der Waals surface area contributed by atoms with E-state index in [0.717, 1.165) is 38.3 Å². The quantitative estimate of drug-likeness (QED) is 0.759. The summed E-state index contributed by atoms with van der Waals surface area (Å²) in [7, 11) is 0. The third-order valence-electron chi connectivity index (χ3n) is 4.51. The van der Waals surface area contributed by atoms with Crippen molar-refractivity contribution in [2.24, 2.45) is 0 Å². The second kappa shape index (κ2) is 8.51. The van der Waals surface area contributed by atoms with E-state index >= 15 is 0 Å². The molecule has 0 N–H and O–H groups in total. The van der Waals surface area contributed by atoms with Crippen LogP contribution >= 0.6 is 0 Å². The van der Waals surface area contributed by atoms with E-state index < -0.39 is 0 Å². The van der Waals surface area contributed by atoms with Gasteiger partial charge in [0.25, 0.3) is 0 Å². The summed E-state index contributed by atoms with van der Waals surface area (Å²) in [6.07, 6.45) is 5.00. The van der Waals surface area contributed by atoms with E-state index in [1.54, 1.807) is 0 Å². The molecule has 5 heteroatoms. The van der Waals surface area contributed by atoms with Crippen LogP contribution in [0.1, 0.15) is 18.4 Å². The van der Waals surface area contributed by atoms with Gasteiger partial charge in [0, 0.05) is 50.7 Å². The molecule has 0 atom stereocenters. The van der Waals surface area contributed by atoms with Gasteiger partial charge in [-0.2, -0.15) is 0 Å². The van der Waals surface area contributed by atoms with Gasteiger partial charge in [-0.3, -0.25) is 9.78 Å². The predicted molar refractivity (Wildman–Crippen MR) is 98.9 cm³/mol. The molecule has 0 bridgehead atoms.